The molecule has 1 aliphatic heterocycles. The quantitative estimate of drug-likeness (QED) is 0.763. The summed E-state index contributed by atoms with van der Waals surface area (Å²) in [4.78, 5) is 3.87. The minimum atomic E-state index is -3.95. The molecule has 0 spiro atoms. The van der Waals surface area contributed by atoms with Gasteiger partial charge in [0.05, 0.1) is 13.2 Å². The molecule has 3 rings (SSSR count). The number of rotatable bonds is 7. The SMILES string of the molecule is CN(C)c1ccc([C@H](CNS(=O)(=O)c2ccccc2F)N2CCOCC2)cc1. The zero-order chi connectivity index (χ0) is 20.1. The van der Waals surface area contributed by atoms with Crippen molar-refractivity contribution in [1.29, 1.82) is 0 Å². The summed E-state index contributed by atoms with van der Waals surface area (Å²) in [6.45, 7) is 2.78. The van der Waals surface area contributed by atoms with Gasteiger partial charge in [0.2, 0.25) is 10.0 Å². The van der Waals surface area contributed by atoms with Crippen LogP contribution in [0.25, 0.3) is 0 Å². The van der Waals surface area contributed by atoms with E-state index in [9.17, 15) is 12.8 Å². The molecule has 0 amide bonds. The van der Waals surface area contributed by atoms with Crippen LogP contribution in [0.4, 0.5) is 10.1 Å². The number of ether oxygens (including phenoxy) is 1. The average molecular weight is 408 g/mol. The Morgan fingerprint density at radius 1 is 1.11 bits per heavy atom. The number of nitrogens with zero attached hydrogens (tertiary/aromatic N) is 2. The molecule has 152 valence electrons. The van der Waals surface area contributed by atoms with E-state index in [2.05, 4.69) is 9.62 Å². The first-order valence-corrected chi connectivity index (χ1v) is 10.7. The predicted octanol–water partition coefficient (Wildman–Crippen LogP) is 2.24. The maximum Gasteiger partial charge on any atom is 0.243 e. The Balaban J connectivity index is 1.82. The third-order valence-electron chi connectivity index (χ3n) is 4.87. The van der Waals surface area contributed by atoms with Crippen molar-refractivity contribution in [2.75, 3.05) is 51.8 Å². The van der Waals surface area contributed by atoms with E-state index in [1.807, 2.05) is 43.3 Å². The first-order valence-electron chi connectivity index (χ1n) is 9.22. The number of hydrogen-bond donors (Lipinski definition) is 1. The fraction of sp³-hybridized carbons (Fsp3) is 0.400. The lowest BCUT2D eigenvalue weighted by atomic mass is 10.0. The van der Waals surface area contributed by atoms with Crippen molar-refractivity contribution in [3.05, 3.63) is 59.9 Å². The van der Waals surface area contributed by atoms with Crippen LogP contribution in [0.1, 0.15) is 11.6 Å². The van der Waals surface area contributed by atoms with Gasteiger partial charge in [-0.1, -0.05) is 24.3 Å². The van der Waals surface area contributed by atoms with Gasteiger partial charge in [-0.15, -0.1) is 0 Å². The summed E-state index contributed by atoms with van der Waals surface area (Å²) >= 11 is 0. The molecule has 0 radical (unpaired) electrons. The summed E-state index contributed by atoms with van der Waals surface area (Å²) in [6, 6.07) is 13.3. The molecule has 1 N–H and O–H groups in total. The van der Waals surface area contributed by atoms with Gasteiger partial charge in [0.15, 0.2) is 0 Å². The van der Waals surface area contributed by atoms with Crippen LogP contribution in [0.5, 0.6) is 0 Å². The second-order valence-electron chi connectivity index (χ2n) is 6.93. The van der Waals surface area contributed by atoms with E-state index in [-0.39, 0.29) is 17.5 Å². The maximum absolute atomic E-state index is 14.0. The van der Waals surface area contributed by atoms with E-state index in [1.165, 1.54) is 18.2 Å². The fourth-order valence-corrected chi connectivity index (χ4v) is 4.39. The second-order valence-corrected chi connectivity index (χ2v) is 8.67. The molecule has 8 heteroatoms. The van der Waals surface area contributed by atoms with Crippen molar-refractivity contribution in [1.82, 2.24) is 9.62 Å². The standard InChI is InChI=1S/C20H26FN3O3S/c1-23(2)17-9-7-16(8-10-17)19(24-11-13-27-14-12-24)15-22-28(25,26)20-6-4-3-5-18(20)21/h3-10,19,22H,11-15H2,1-2H3/t19-/m0/s1. The summed E-state index contributed by atoms with van der Waals surface area (Å²) < 4.78 is 47.2. The fourth-order valence-electron chi connectivity index (χ4n) is 3.27. The van der Waals surface area contributed by atoms with Crippen molar-refractivity contribution in [3.8, 4) is 0 Å². The van der Waals surface area contributed by atoms with Crippen LogP contribution >= 0.6 is 0 Å². The molecule has 0 aliphatic carbocycles. The molecule has 6 nitrogen and oxygen atoms in total. The summed E-state index contributed by atoms with van der Waals surface area (Å²) in [5.41, 5.74) is 2.07. The molecular formula is C20H26FN3O3S. The highest BCUT2D eigenvalue weighted by Gasteiger charge is 2.26. The smallest absolute Gasteiger partial charge is 0.243 e. The molecule has 0 bridgehead atoms. The summed E-state index contributed by atoms with van der Waals surface area (Å²) in [5, 5.41) is 0. The van der Waals surface area contributed by atoms with Crippen molar-refractivity contribution in [2.45, 2.75) is 10.9 Å². The Morgan fingerprint density at radius 2 is 1.75 bits per heavy atom. The van der Waals surface area contributed by atoms with E-state index in [0.717, 1.165) is 17.3 Å². The zero-order valence-electron chi connectivity index (χ0n) is 16.1. The molecule has 1 aliphatic rings. The third kappa shape index (κ3) is 4.88. The molecule has 0 unspecified atom stereocenters. The number of anilines is 1. The number of sulfonamides is 1. The Labute approximate surface area is 166 Å². The number of nitrogens with one attached hydrogen (secondary N) is 1. The number of hydrogen-bond acceptors (Lipinski definition) is 5. The topological polar surface area (TPSA) is 61.9 Å². The molecule has 1 fully saturated rings. The molecule has 2 aromatic rings. The normalized spacial score (nSPS) is 16.7. The maximum atomic E-state index is 14.0. The minimum Gasteiger partial charge on any atom is -0.379 e. The van der Waals surface area contributed by atoms with Crippen LogP contribution in [0, 0.1) is 5.82 Å². The van der Waals surface area contributed by atoms with E-state index in [0.29, 0.717) is 26.3 Å². The van der Waals surface area contributed by atoms with E-state index in [1.54, 1.807) is 0 Å². The molecule has 1 saturated heterocycles. The lowest BCUT2D eigenvalue weighted by Gasteiger charge is -2.35. The molecule has 28 heavy (non-hydrogen) atoms. The first-order chi connectivity index (χ1) is 13.4. The number of halogens is 1. The van der Waals surface area contributed by atoms with Gasteiger partial charge in [0.25, 0.3) is 0 Å². The van der Waals surface area contributed by atoms with Gasteiger partial charge in [-0.3, -0.25) is 4.90 Å². The predicted molar refractivity (Wildman–Crippen MR) is 107 cm³/mol. The van der Waals surface area contributed by atoms with Crippen LogP contribution in [-0.4, -0.2) is 60.3 Å². The van der Waals surface area contributed by atoms with E-state index >= 15 is 0 Å². The Morgan fingerprint density at radius 3 is 2.36 bits per heavy atom. The van der Waals surface area contributed by atoms with Crippen molar-refractivity contribution in [2.24, 2.45) is 0 Å². The summed E-state index contributed by atoms with van der Waals surface area (Å²) in [6.07, 6.45) is 0. The largest absolute Gasteiger partial charge is 0.379 e. The summed E-state index contributed by atoms with van der Waals surface area (Å²) in [5.74, 6) is -0.756. The molecule has 0 aromatic heterocycles. The van der Waals surface area contributed by atoms with Crippen molar-refractivity contribution >= 4 is 15.7 Å². The number of benzene rings is 2. The minimum absolute atomic E-state index is 0.151. The van der Waals surface area contributed by atoms with Crippen LogP contribution in [-0.2, 0) is 14.8 Å². The highest BCUT2D eigenvalue weighted by atomic mass is 32.2. The second kappa shape index (κ2) is 9.00. The van der Waals surface area contributed by atoms with Crippen molar-refractivity contribution < 1.29 is 17.5 Å². The van der Waals surface area contributed by atoms with Gasteiger partial charge in [-0.25, -0.2) is 17.5 Å². The van der Waals surface area contributed by atoms with E-state index in [4.69, 9.17) is 4.74 Å². The number of morpholine rings is 1. The molecule has 1 heterocycles. The molecule has 1 atom stereocenters. The lowest BCUT2D eigenvalue weighted by Crippen LogP contribution is -2.43. The third-order valence-corrected chi connectivity index (χ3v) is 6.33. The average Bonchev–Trinajstić information content (AvgIpc) is 2.69. The summed E-state index contributed by atoms with van der Waals surface area (Å²) in [7, 11) is -0.00694. The lowest BCUT2D eigenvalue weighted by molar-refractivity contribution is 0.0172. The highest BCUT2D eigenvalue weighted by Crippen LogP contribution is 2.24. The van der Waals surface area contributed by atoms with Crippen LogP contribution in [0.15, 0.2) is 53.4 Å². The molecule has 2 aromatic carbocycles. The first kappa shape index (κ1) is 20.7. The van der Waals surface area contributed by atoms with Crippen molar-refractivity contribution in [3.63, 3.8) is 0 Å². The monoisotopic (exact) mass is 407 g/mol. The molecule has 0 saturated carbocycles. The van der Waals surface area contributed by atoms with Gasteiger partial charge in [0, 0.05) is 45.5 Å². The Kier molecular flexibility index (Phi) is 6.66. The van der Waals surface area contributed by atoms with Crippen LogP contribution in [0.3, 0.4) is 0 Å². The zero-order valence-corrected chi connectivity index (χ0v) is 17.0. The van der Waals surface area contributed by atoms with Gasteiger partial charge in [-0.05, 0) is 29.8 Å². The Bertz CT molecular complexity index is 882. The van der Waals surface area contributed by atoms with Gasteiger partial charge in [-0.2, -0.15) is 0 Å². The van der Waals surface area contributed by atoms with E-state index < -0.39 is 15.8 Å². The van der Waals surface area contributed by atoms with Crippen LogP contribution < -0.4 is 9.62 Å². The highest BCUT2D eigenvalue weighted by molar-refractivity contribution is 7.89. The van der Waals surface area contributed by atoms with Gasteiger partial charge < -0.3 is 9.64 Å². The van der Waals surface area contributed by atoms with Gasteiger partial charge >= 0.3 is 0 Å². The molecular weight excluding hydrogens is 381 g/mol. The van der Waals surface area contributed by atoms with Gasteiger partial charge in [0.1, 0.15) is 10.7 Å². The van der Waals surface area contributed by atoms with Crippen LogP contribution in [0.2, 0.25) is 0 Å². The Hall–Kier alpha value is -2.00.